The monoisotopic (exact) mass is 234 g/mol. The van der Waals surface area contributed by atoms with Crippen LogP contribution in [0.25, 0.3) is 0 Å². The number of hydrogen-bond donors (Lipinski definition) is 2. The Balaban J connectivity index is 2.70. The van der Waals surface area contributed by atoms with E-state index in [0.29, 0.717) is 12.1 Å². The van der Waals surface area contributed by atoms with Gasteiger partial charge in [0.05, 0.1) is 0 Å². The normalized spacial score (nSPS) is 11.8. The van der Waals surface area contributed by atoms with Crippen LogP contribution in [0, 0.1) is 24.6 Å². The van der Waals surface area contributed by atoms with E-state index in [0.717, 1.165) is 18.5 Å². The van der Waals surface area contributed by atoms with Crippen LogP contribution < -0.4 is 11.1 Å². The number of hydrogen-bond acceptors (Lipinski definition) is 2. The molecule has 0 aliphatic heterocycles. The van der Waals surface area contributed by atoms with E-state index in [2.05, 4.69) is 17.2 Å². The Hall–Kier alpha value is -1.37. The maximum absolute atomic E-state index is 13.7. The molecule has 1 atom stereocenters. The first-order chi connectivity index (χ1) is 8.19. The van der Waals surface area contributed by atoms with Crippen LogP contribution in [0.5, 0.6) is 0 Å². The molecule has 3 heteroatoms. The van der Waals surface area contributed by atoms with E-state index in [-0.39, 0.29) is 11.9 Å². The fourth-order valence-electron chi connectivity index (χ4n) is 1.68. The molecule has 1 aromatic carbocycles. The summed E-state index contributed by atoms with van der Waals surface area (Å²) in [5, 5.41) is 3.22. The number of rotatable bonds is 5. The van der Waals surface area contributed by atoms with Gasteiger partial charge in [0.2, 0.25) is 0 Å². The third-order valence-electron chi connectivity index (χ3n) is 2.58. The molecule has 0 spiro atoms. The largest absolute Gasteiger partial charge is 0.329 e. The molecular formula is C14H19FN2. The number of halogens is 1. The summed E-state index contributed by atoms with van der Waals surface area (Å²) in [5.74, 6) is 5.57. The van der Waals surface area contributed by atoms with Crippen molar-refractivity contribution in [2.24, 2.45) is 5.73 Å². The van der Waals surface area contributed by atoms with Crippen molar-refractivity contribution < 1.29 is 4.39 Å². The predicted octanol–water partition coefficient (Wildman–Crippen LogP) is 2.14. The van der Waals surface area contributed by atoms with Crippen molar-refractivity contribution in [1.29, 1.82) is 0 Å². The third kappa shape index (κ3) is 4.18. The molecule has 3 N–H and O–H groups in total. The minimum Gasteiger partial charge on any atom is -0.329 e. The molecule has 1 rings (SSSR count). The van der Waals surface area contributed by atoms with Gasteiger partial charge in [0.1, 0.15) is 5.82 Å². The molecule has 1 unspecified atom stereocenters. The molecule has 17 heavy (non-hydrogen) atoms. The highest BCUT2D eigenvalue weighted by Gasteiger charge is 2.13. The Morgan fingerprint density at radius 2 is 2.24 bits per heavy atom. The van der Waals surface area contributed by atoms with Gasteiger partial charge in [-0.1, -0.05) is 17.7 Å². The molecule has 0 bridgehead atoms. The van der Waals surface area contributed by atoms with Crippen LogP contribution in [-0.2, 0) is 0 Å². The molecule has 2 nitrogen and oxygen atoms in total. The first-order valence-electron chi connectivity index (χ1n) is 5.78. The Labute approximate surface area is 102 Å². The van der Waals surface area contributed by atoms with Crippen LogP contribution in [0.4, 0.5) is 4.39 Å². The maximum Gasteiger partial charge on any atom is 0.128 e. The second-order valence-corrected chi connectivity index (χ2v) is 3.94. The highest BCUT2D eigenvalue weighted by Crippen LogP contribution is 2.17. The summed E-state index contributed by atoms with van der Waals surface area (Å²) in [7, 11) is 0. The lowest BCUT2D eigenvalue weighted by Crippen LogP contribution is -2.29. The van der Waals surface area contributed by atoms with Gasteiger partial charge < -0.3 is 11.1 Å². The van der Waals surface area contributed by atoms with Crippen LogP contribution in [0.15, 0.2) is 18.2 Å². The number of benzene rings is 1. The Morgan fingerprint density at radius 3 is 2.88 bits per heavy atom. The smallest absolute Gasteiger partial charge is 0.128 e. The van der Waals surface area contributed by atoms with Crippen LogP contribution in [0.3, 0.4) is 0 Å². The lowest BCUT2D eigenvalue weighted by molar-refractivity contribution is 0.512. The molecule has 0 fully saturated rings. The summed E-state index contributed by atoms with van der Waals surface area (Å²) in [6.45, 7) is 4.84. The zero-order valence-electron chi connectivity index (χ0n) is 10.4. The molecule has 0 aliphatic carbocycles. The van der Waals surface area contributed by atoms with E-state index in [4.69, 9.17) is 5.73 Å². The third-order valence-corrected chi connectivity index (χ3v) is 2.58. The predicted molar refractivity (Wildman–Crippen MR) is 69.0 cm³/mol. The summed E-state index contributed by atoms with van der Waals surface area (Å²) in [4.78, 5) is 0. The van der Waals surface area contributed by atoms with Gasteiger partial charge in [-0.05, 0) is 19.9 Å². The summed E-state index contributed by atoms with van der Waals surface area (Å²) >= 11 is 0. The van der Waals surface area contributed by atoms with Gasteiger partial charge in [0.25, 0.3) is 0 Å². The van der Waals surface area contributed by atoms with Crippen molar-refractivity contribution in [3.63, 3.8) is 0 Å². The Bertz CT molecular complexity index is 418. The molecular weight excluding hydrogens is 215 g/mol. The summed E-state index contributed by atoms with van der Waals surface area (Å²) in [5.41, 5.74) is 7.35. The van der Waals surface area contributed by atoms with E-state index in [1.807, 2.05) is 13.0 Å². The van der Waals surface area contributed by atoms with Gasteiger partial charge in [-0.15, -0.1) is 11.8 Å². The van der Waals surface area contributed by atoms with E-state index in [1.54, 1.807) is 13.0 Å². The minimum atomic E-state index is -0.208. The lowest BCUT2D eigenvalue weighted by atomic mass is 10.0. The molecule has 0 heterocycles. The van der Waals surface area contributed by atoms with Crippen molar-refractivity contribution >= 4 is 0 Å². The standard InChI is InChI=1S/C14H19FN2/c1-3-4-5-8-17-14(10-16)12-9-11(2)6-7-13(12)15/h6-7,9,14,17H,5,8,10,16H2,1-2H3. The second kappa shape index (κ2) is 7.05. The van der Waals surface area contributed by atoms with Crippen LogP contribution in [0.2, 0.25) is 0 Å². The van der Waals surface area contributed by atoms with E-state index < -0.39 is 0 Å². The summed E-state index contributed by atoms with van der Waals surface area (Å²) in [6, 6.07) is 4.94. The highest BCUT2D eigenvalue weighted by atomic mass is 19.1. The zero-order valence-corrected chi connectivity index (χ0v) is 10.4. The van der Waals surface area contributed by atoms with Crippen LogP contribution in [0.1, 0.15) is 30.5 Å². The fraction of sp³-hybridized carbons (Fsp3) is 0.429. The molecule has 0 amide bonds. The molecule has 0 saturated heterocycles. The molecule has 92 valence electrons. The van der Waals surface area contributed by atoms with Crippen LogP contribution >= 0.6 is 0 Å². The summed E-state index contributed by atoms with van der Waals surface area (Å²) < 4.78 is 13.7. The summed E-state index contributed by atoms with van der Waals surface area (Å²) in [6.07, 6.45) is 0.750. The van der Waals surface area contributed by atoms with Crippen molar-refractivity contribution in [2.45, 2.75) is 26.3 Å². The van der Waals surface area contributed by atoms with Gasteiger partial charge in [0, 0.05) is 31.1 Å². The first-order valence-corrected chi connectivity index (χ1v) is 5.78. The van der Waals surface area contributed by atoms with E-state index >= 15 is 0 Å². The van der Waals surface area contributed by atoms with E-state index in [1.165, 1.54) is 6.07 Å². The Morgan fingerprint density at radius 1 is 1.47 bits per heavy atom. The Kier molecular flexibility index (Phi) is 5.68. The fourth-order valence-corrected chi connectivity index (χ4v) is 1.68. The van der Waals surface area contributed by atoms with Crippen molar-refractivity contribution in [3.8, 4) is 11.8 Å². The molecule has 0 radical (unpaired) electrons. The van der Waals surface area contributed by atoms with Gasteiger partial charge in [-0.2, -0.15) is 0 Å². The lowest BCUT2D eigenvalue weighted by Gasteiger charge is -2.17. The average molecular weight is 234 g/mol. The van der Waals surface area contributed by atoms with Crippen molar-refractivity contribution in [1.82, 2.24) is 5.32 Å². The topological polar surface area (TPSA) is 38.0 Å². The number of nitrogens with one attached hydrogen (secondary N) is 1. The minimum absolute atomic E-state index is 0.145. The van der Waals surface area contributed by atoms with Crippen molar-refractivity contribution in [2.75, 3.05) is 13.1 Å². The van der Waals surface area contributed by atoms with Crippen molar-refractivity contribution in [3.05, 3.63) is 35.1 Å². The zero-order chi connectivity index (χ0) is 12.7. The average Bonchev–Trinajstić information content (AvgIpc) is 2.33. The molecule has 0 aromatic heterocycles. The van der Waals surface area contributed by atoms with Crippen LogP contribution in [-0.4, -0.2) is 13.1 Å². The first kappa shape index (κ1) is 13.7. The number of aryl methyl sites for hydroxylation is 1. The second-order valence-electron chi connectivity index (χ2n) is 3.94. The van der Waals surface area contributed by atoms with Gasteiger partial charge in [-0.3, -0.25) is 0 Å². The van der Waals surface area contributed by atoms with Gasteiger partial charge in [-0.25, -0.2) is 4.39 Å². The maximum atomic E-state index is 13.7. The SMILES string of the molecule is CC#CCCNC(CN)c1cc(C)ccc1F. The highest BCUT2D eigenvalue weighted by molar-refractivity contribution is 5.27. The molecule has 0 saturated carbocycles. The molecule has 0 aliphatic rings. The van der Waals surface area contributed by atoms with Gasteiger partial charge in [0.15, 0.2) is 0 Å². The quantitative estimate of drug-likeness (QED) is 0.605. The van der Waals surface area contributed by atoms with E-state index in [9.17, 15) is 4.39 Å². The number of nitrogens with two attached hydrogens (primary N) is 1. The molecule has 1 aromatic rings. The van der Waals surface area contributed by atoms with Gasteiger partial charge >= 0.3 is 0 Å².